The van der Waals surface area contributed by atoms with Crippen LogP contribution in [0, 0.1) is 0 Å². The number of ether oxygens (including phenoxy) is 1. The van der Waals surface area contributed by atoms with E-state index in [0.29, 0.717) is 17.3 Å². The molecule has 0 atom stereocenters. The Morgan fingerprint density at radius 1 is 1.31 bits per heavy atom. The summed E-state index contributed by atoms with van der Waals surface area (Å²) in [5, 5.41) is 4.08. The van der Waals surface area contributed by atoms with Gasteiger partial charge in [0.2, 0.25) is 0 Å². The molecule has 0 spiro atoms. The summed E-state index contributed by atoms with van der Waals surface area (Å²) in [4.78, 5) is 0. The maximum absolute atomic E-state index is 5.88. The molecule has 0 aliphatic heterocycles. The number of anilines is 2. The fourth-order valence-corrected chi connectivity index (χ4v) is 1.57. The Kier molecular flexibility index (Phi) is 2.44. The third kappa shape index (κ3) is 1.56. The van der Waals surface area contributed by atoms with Gasteiger partial charge in [-0.25, -0.2) is 0 Å². The summed E-state index contributed by atoms with van der Waals surface area (Å²) in [6.45, 7) is 0. The van der Waals surface area contributed by atoms with Gasteiger partial charge in [0.15, 0.2) is 0 Å². The van der Waals surface area contributed by atoms with Crippen molar-refractivity contribution in [2.24, 2.45) is 7.05 Å². The van der Waals surface area contributed by atoms with Gasteiger partial charge in [-0.3, -0.25) is 4.68 Å². The van der Waals surface area contributed by atoms with Crippen molar-refractivity contribution in [2.75, 3.05) is 18.6 Å². The van der Waals surface area contributed by atoms with Crippen molar-refractivity contribution in [3.8, 4) is 16.9 Å². The molecule has 1 heterocycles. The van der Waals surface area contributed by atoms with E-state index < -0.39 is 0 Å². The van der Waals surface area contributed by atoms with E-state index in [1.54, 1.807) is 25.0 Å². The van der Waals surface area contributed by atoms with Gasteiger partial charge in [-0.15, -0.1) is 0 Å². The minimum Gasteiger partial charge on any atom is -0.495 e. The molecule has 84 valence electrons. The highest BCUT2D eigenvalue weighted by Crippen LogP contribution is 2.30. The number of aromatic nitrogens is 2. The lowest BCUT2D eigenvalue weighted by Gasteiger charge is -2.06. The number of hydrogen-bond acceptors (Lipinski definition) is 4. The van der Waals surface area contributed by atoms with Crippen LogP contribution in [0.1, 0.15) is 0 Å². The first kappa shape index (κ1) is 10.4. The molecule has 0 aliphatic rings. The number of benzene rings is 1. The number of aryl methyl sites for hydroxylation is 1. The SMILES string of the molecule is COc1ccc(-c2cnn(C)c2N)cc1N. The predicted octanol–water partition coefficient (Wildman–Crippen LogP) is 1.26. The highest BCUT2D eigenvalue weighted by atomic mass is 16.5. The molecule has 5 heteroatoms. The van der Waals surface area contributed by atoms with E-state index in [9.17, 15) is 0 Å². The summed E-state index contributed by atoms with van der Waals surface area (Å²) in [5.74, 6) is 1.27. The van der Waals surface area contributed by atoms with Crippen molar-refractivity contribution >= 4 is 11.5 Å². The standard InChI is InChI=1S/C11H14N4O/c1-15-11(13)8(6-14-15)7-3-4-10(16-2)9(12)5-7/h3-6H,12-13H2,1-2H3. The van der Waals surface area contributed by atoms with Gasteiger partial charge in [-0.05, 0) is 17.7 Å². The topological polar surface area (TPSA) is 79.1 Å². The second-order valence-corrected chi connectivity index (χ2v) is 3.52. The van der Waals surface area contributed by atoms with Gasteiger partial charge >= 0.3 is 0 Å². The summed E-state index contributed by atoms with van der Waals surface area (Å²) in [5.41, 5.74) is 14.1. The van der Waals surface area contributed by atoms with Crippen LogP contribution in [0.15, 0.2) is 24.4 Å². The average molecular weight is 218 g/mol. The quantitative estimate of drug-likeness (QED) is 0.744. The van der Waals surface area contributed by atoms with Gasteiger partial charge in [0.05, 0.1) is 19.0 Å². The number of rotatable bonds is 2. The lowest BCUT2D eigenvalue weighted by atomic mass is 10.1. The zero-order chi connectivity index (χ0) is 11.7. The first-order chi connectivity index (χ1) is 7.63. The highest BCUT2D eigenvalue weighted by Gasteiger charge is 2.09. The number of nitrogens with two attached hydrogens (primary N) is 2. The van der Waals surface area contributed by atoms with E-state index in [2.05, 4.69) is 5.10 Å². The van der Waals surface area contributed by atoms with Gasteiger partial charge in [0, 0.05) is 12.6 Å². The monoisotopic (exact) mass is 218 g/mol. The molecule has 1 aromatic carbocycles. The molecule has 16 heavy (non-hydrogen) atoms. The Labute approximate surface area is 93.6 Å². The molecular formula is C11H14N4O. The molecule has 0 fully saturated rings. The van der Waals surface area contributed by atoms with Gasteiger partial charge < -0.3 is 16.2 Å². The smallest absolute Gasteiger partial charge is 0.141 e. The summed E-state index contributed by atoms with van der Waals surface area (Å²) in [6, 6.07) is 5.55. The second kappa shape index (κ2) is 3.77. The van der Waals surface area contributed by atoms with Crippen LogP contribution in [0.3, 0.4) is 0 Å². The van der Waals surface area contributed by atoms with Crippen LogP contribution in [0.2, 0.25) is 0 Å². The van der Waals surface area contributed by atoms with E-state index in [-0.39, 0.29) is 0 Å². The van der Waals surface area contributed by atoms with Crippen molar-refractivity contribution in [1.29, 1.82) is 0 Å². The fraction of sp³-hybridized carbons (Fsp3) is 0.182. The normalized spacial score (nSPS) is 10.4. The van der Waals surface area contributed by atoms with E-state index >= 15 is 0 Å². The molecule has 0 amide bonds. The lowest BCUT2D eigenvalue weighted by molar-refractivity contribution is 0.417. The van der Waals surface area contributed by atoms with Crippen LogP contribution >= 0.6 is 0 Å². The molecule has 1 aromatic heterocycles. The van der Waals surface area contributed by atoms with Crippen LogP contribution in [-0.4, -0.2) is 16.9 Å². The first-order valence-electron chi connectivity index (χ1n) is 4.85. The van der Waals surface area contributed by atoms with Gasteiger partial charge in [-0.1, -0.05) is 6.07 Å². The molecule has 2 aromatic rings. The number of methoxy groups -OCH3 is 1. The minimum absolute atomic E-state index is 0.586. The Morgan fingerprint density at radius 3 is 2.56 bits per heavy atom. The largest absolute Gasteiger partial charge is 0.495 e. The molecule has 0 bridgehead atoms. The van der Waals surface area contributed by atoms with Crippen molar-refractivity contribution in [2.45, 2.75) is 0 Å². The molecular weight excluding hydrogens is 204 g/mol. The zero-order valence-corrected chi connectivity index (χ0v) is 9.27. The summed E-state index contributed by atoms with van der Waals surface area (Å²) in [6.07, 6.45) is 1.72. The van der Waals surface area contributed by atoms with E-state index in [4.69, 9.17) is 16.2 Å². The third-order valence-electron chi connectivity index (χ3n) is 2.53. The molecule has 0 saturated heterocycles. The highest BCUT2D eigenvalue weighted by molar-refractivity contribution is 5.77. The van der Waals surface area contributed by atoms with Crippen LogP contribution in [-0.2, 0) is 7.05 Å². The summed E-state index contributed by atoms with van der Waals surface area (Å²) in [7, 11) is 3.38. The van der Waals surface area contributed by atoms with Crippen molar-refractivity contribution in [3.63, 3.8) is 0 Å². The molecule has 0 radical (unpaired) electrons. The summed E-state index contributed by atoms with van der Waals surface area (Å²) >= 11 is 0. The predicted molar refractivity (Wildman–Crippen MR) is 64.0 cm³/mol. The van der Waals surface area contributed by atoms with Crippen LogP contribution in [0.5, 0.6) is 5.75 Å². The van der Waals surface area contributed by atoms with E-state index in [1.165, 1.54) is 0 Å². The number of hydrogen-bond donors (Lipinski definition) is 2. The van der Waals surface area contributed by atoms with Gasteiger partial charge in [-0.2, -0.15) is 5.10 Å². The molecule has 2 rings (SSSR count). The Hall–Kier alpha value is -2.17. The van der Waals surface area contributed by atoms with E-state index in [0.717, 1.165) is 11.1 Å². The number of nitrogen functional groups attached to an aromatic ring is 2. The molecule has 0 saturated carbocycles. The zero-order valence-electron chi connectivity index (χ0n) is 9.27. The fourth-order valence-electron chi connectivity index (χ4n) is 1.57. The third-order valence-corrected chi connectivity index (χ3v) is 2.53. The maximum atomic E-state index is 5.88. The van der Waals surface area contributed by atoms with Crippen molar-refractivity contribution < 1.29 is 4.74 Å². The first-order valence-corrected chi connectivity index (χ1v) is 4.85. The van der Waals surface area contributed by atoms with E-state index in [1.807, 2.05) is 18.2 Å². The second-order valence-electron chi connectivity index (χ2n) is 3.52. The van der Waals surface area contributed by atoms with Crippen molar-refractivity contribution in [1.82, 2.24) is 9.78 Å². The Balaban J connectivity index is 2.49. The van der Waals surface area contributed by atoms with Gasteiger partial charge in [0.1, 0.15) is 11.6 Å². The minimum atomic E-state index is 0.586. The molecule has 4 N–H and O–H groups in total. The molecule has 0 unspecified atom stereocenters. The van der Waals surface area contributed by atoms with Crippen LogP contribution in [0.25, 0.3) is 11.1 Å². The average Bonchev–Trinajstić information content (AvgIpc) is 2.60. The Morgan fingerprint density at radius 2 is 2.06 bits per heavy atom. The number of nitrogens with zero attached hydrogens (tertiary/aromatic N) is 2. The molecule has 5 nitrogen and oxygen atoms in total. The van der Waals surface area contributed by atoms with Crippen LogP contribution < -0.4 is 16.2 Å². The van der Waals surface area contributed by atoms with Gasteiger partial charge in [0.25, 0.3) is 0 Å². The lowest BCUT2D eigenvalue weighted by Crippen LogP contribution is -1.98. The van der Waals surface area contributed by atoms with Crippen LogP contribution in [0.4, 0.5) is 11.5 Å². The van der Waals surface area contributed by atoms with Crippen molar-refractivity contribution in [3.05, 3.63) is 24.4 Å². The maximum Gasteiger partial charge on any atom is 0.141 e. The molecule has 0 aliphatic carbocycles. The summed E-state index contributed by atoms with van der Waals surface area (Å²) < 4.78 is 6.71. The Bertz CT molecular complexity index is 519.